The number of para-hydroxylation sites is 1. The fourth-order valence-corrected chi connectivity index (χ4v) is 3.42. The summed E-state index contributed by atoms with van der Waals surface area (Å²) in [5, 5.41) is 3.03. The number of rotatable bonds is 6. The normalized spacial score (nSPS) is 17.1. The Labute approximate surface area is 150 Å². The molecule has 25 heavy (non-hydrogen) atoms. The number of carbonyl (C=O) groups is 1. The van der Waals surface area contributed by atoms with Crippen molar-refractivity contribution >= 4 is 11.6 Å². The topological polar surface area (TPSA) is 35.6 Å². The Bertz CT molecular complexity index is 699. The molecule has 1 aliphatic heterocycles. The van der Waals surface area contributed by atoms with Gasteiger partial charge in [-0.2, -0.15) is 0 Å². The van der Waals surface area contributed by atoms with E-state index in [1.807, 2.05) is 30.3 Å². The van der Waals surface area contributed by atoms with Crippen LogP contribution in [0.5, 0.6) is 0 Å². The molecule has 1 amide bonds. The van der Waals surface area contributed by atoms with Crippen LogP contribution in [0.3, 0.4) is 0 Å². The summed E-state index contributed by atoms with van der Waals surface area (Å²) in [7, 11) is 4.30. The first-order valence-electron chi connectivity index (χ1n) is 8.97. The molecule has 1 N–H and O–H groups in total. The summed E-state index contributed by atoms with van der Waals surface area (Å²) < 4.78 is 0. The van der Waals surface area contributed by atoms with Crippen molar-refractivity contribution in [3.63, 3.8) is 0 Å². The van der Waals surface area contributed by atoms with E-state index in [1.54, 1.807) is 0 Å². The highest BCUT2D eigenvalue weighted by molar-refractivity contribution is 5.94. The smallest absolute Gasteiger partial charge is 0.251 e. The third-order valence-electron chi connectivity index (χ3n) is 4.94. The van der Waals surface area contributed by atoms with Gasteiger partial charge in [-0.15, -0.1) is 0 Å². The lowest BCUT2D eigenvalue weighted by Gasteiger charge is -2.24. The van der Waals surface area contributed by atoms with E-state index in [9.17, 15) is 4.79 Å². The van der Waals surface area contributed by atoms with Crippen LogP contribution in [0.4, 0.5) is 5.69 Å². The van der Waals surface area contributed by atoms with Gasteiger partial charge in [0.15, 0.2) is 0 Å². The maximum atomic E-state index is 12.2. The highest BCUT2D eigenvalue weighted by Crippen LogP contribution is 2.26. The van der Waals surface area contributed by atoms with E-state index in [1.165, 1.54) is 17.7 Å². The molecule has 0 aromatic heterocycles. The van der Waals surface area contributed by atoms with Crippen LogP contribution in [0.1, 0.15) is 22.3 Å². The Hall–Kier alpha value is -2.33. The first-order chi connectivity index (χ1) is 12.1. The number of nitrogens with one attached hydrogen (secondary N) is 1. The van der Waals surface area contributed by atoms with Crippen molar-refractivity contribution in [1.82, 2.24) is 10.2 Å². The molecular formula is C21H27N3O. The van der Waals surface area contributed by atoms with Crippen LogP contribution in [0, 0.1) is 0 Å². The van der Waals surface area contributed by atoms with E-state index in [4.69, 9.17) is 0 Å². The summed E-state index contributed by atoms with van der Waals surface area (Å²) in [5.74, 6) is -0.00748. The fraction of sp³-hybridized carbons (Fsp3) is 0.381. The Kier molecular flexibility index (Phi) is 5.71. The van der Waals surface area contributed by atoms with Gasteiger partial charge < -0.3 is 15.1 Å². The lowest BCUT2D eigenvalue weighted by Crippen LogP contribution is -2.32. The molecule has 0 bridgehead atoms. The van der Waals surface area contributed by atoms with Gasteiger partial charge in [-0.25, -0.2) is 0 Å². The summed E-state index contributed by atoms with van der Waals surface area (Å²) in [6.45, 7) is 2.81. The second kappa shape index (κ2) is 8.17. The molecular weight excluding hydrogens is 310 g/mol. The Balaban J connectivity index is 1.59. The molecule has 2 aromatic rings. The Morgan fingerprint density at radius 2 is 1.84 bits per heavy atom. The molecule has 1 unspecified atom stereocenters. The molecule has 1 saturated heterocycles. The third kappa shape index (κ3) is 4.40. The predicted octanol–water partition coefficient (Wildman–Crippen LogP) is 2.80. The maximum Gasteiger partial charge on any atom is 0.251 e. The van der Waals surface area contributed by atoms with E-state index in [0.29, 0.717) is 18.2 Å². The van der Waals surface area contributed by atoms with Crippen molar-refractivity contribution in [3.8, 4) is 0 Å². The van der Waals surface area contributed by atoms with Gasteiger partial charge in [0.1, 0.15) is 0 Å². The summed E-state index contributed by atoms with van der Waals surface area (Å²) in [4.78, 5) is 16.9. The van der Waals surface area contributed by atoms with E-state index < -0.39 is 0 Å². The highest BCUT2D eigenvalue weighted by Gasteiger charge is 2.25. The molecule has 4 nitrogen and oxygen atoms in total. The predicted molar refractivity (Wildman–Crippen MR) is 103 cm³/mol. The molecule has 1 fully saturated rings. The minimum Gasteiger partial charge on any atom is -0.370 e. The molecule has 0 radical (unpaired) electrons. The van der Waals surface area contributed by atoms with Gasteiger partial charge in [-0.3, -0.25) is 4.79 Å². The van der Waals surface area contributed by atoms with Crippen LogP contribution in [0.2, 0.25) is 0 Å². The van der Waals surface area contributed by atoms with E-state index in [-0.39, 0.29) is 5.91 Å². The molecule has 0 saturated carbocycles. The number of anilines is 1. The summed E-state index contributed by atoms with van der Waals surface area (Å²) in [5.41, 5.74) is 3.32. The molecule has 2 aromatic carbocycles. The van der Waals surface area contributed by atoms with Gasteiger partial charge in [0.25, 0.3) is 5.91 Å². The van der Waals surface area contributed by atoms with Crippen LogP contribution < -0.4 is 10.2 Å². The fourth-order valence-electron chi connectivity index (χ4n) is 3.42. The molecule has 0 spiro atoms. The molecule has 1 heterocycles. The summed E-state index contributed by atoms with van der Waals surface area (Å²) in [6.07, 6.45) is 2.05. The SMILES string of the molecule is CN(C)C1CCN(c2ccccc2CCNC(=O)c2ccccc2)C1. The minimum atomic E-state index is -0.00748. The van der Waals surface area contributed by atoms with Crippen molar-refractivity contribution < 1.29 is 4.79 Å². The van der Waals surface area contributed by atoms with Crippen molar-refractivity contribution in [2.75, 3.05) is 38.6 Å². The molecule has 1 aliphatic rings. The number of hydrogen-bond acceptors (Lipinski definition) is 3. The van der Waals surface area contributed by atoms with Gasteiger partial charge in [0.2, 0.25) is 0 Å². The van der Waals surface area contributed by atoms with Crippen molar-refractivity contribution in [3.05, 3.63) is 65.7 Å². The van der Waals surface area contributed by atoms with Crippen molar-refractivity contribution in [1.29, 1.82) is 0 Å². The number of carbonyl (C=O) groups excluding carboxylic acids is 1. The van der Waals surface area contributed by atoms with Gasteiger partial charge in [-0.05, 0) is 50.7 Å². The number of nitrogens with zero attached hydrogens (tertiary/aromatic N) is 2. The van der Waals surface area contributed by atoms with Crippen LogP contribution in [-0.2, 0) is 6.42 Å². The number of amides is 1. The Morgan fingerprint density at radius 3 is 2.56 bits per heavy atom. The van der Waals surface area contributed by atoms with Gasteiger partial charge in [0, 0.05) is 36.9 Å². The average Bonchev–Trinajstić information content (AvgIpc) is 3.13. The van der Waals surface area contributed by atoms with Gasteiger partial charge in [-0.1, -0.05) is 36.4 Å². The zero-order valence-electron chi connectivity index (χ0n) is 15.1. The molecule has 4 heteroatoms. The second-order valence-electron chi connectivity index (χ2n) is 6.85. The lowest BCUT2D eigenvalue weighted by molar-refractivity contribution is 0.0954. The Morgan fingerprint density at radius 1 is 1.12 bits per heavy atom. The number of likely N-dealkylation sites (N-methyl/N-ethyl adjacent to an activating group) is 1. The third-order valence-corrected chi connectivity index (χ3v) is 4.94. The first kappa shape index (κ1) is 17.5. The first-order valence-corrected chi connectivity index (χ1v) is 8.97. The number of benzene rings is 2. The van der Waals surface area contributed by atoms with Gasteiger partial charge in [0.05, 0.1) is 0 Å². The van der Waals surface area contributed by atoms with Crippen LogP contribution >= 0.6 is 0 Å². The summed E-state index contributed by atoms with van der Waals surface area (Å²) >= 11 is 0. The molecule has 3 rings (SSSR count). The quantitative estimate of drug-likeness (QED) is 0.880. The minimum absolute atomic E-state index is 0.00748. The highest BCUT2D eigenvalue weighted by atomic mass is 16.1. The van der Waals surface area contributed by atoms with Crippen LogP contribution in [0.25, 0.3) is 0 Å². The van der Waals surface area contributed by atoms with Crippen LogP contribution in [0.15, 0.2) is 54.6 Å². The average molecular weight is 337 g/mol. The maximum absolute atomic E-state index is 12.2. The van der Waals surface area contributed by atoms with Crippen LogP contribution in [-0.4, -0.2) is 50.6 Å². The zero-order valence-corrected chi connectivity index (χ0v) is 15.1. The lowest BCUT2D eigenvalue weighted by atomic mass is 10.1. The second-order valence-corrected chi connectivity index (χ2v) is 6.85. The largest absolute Gasteiger partial charge is 0.370 e. The summed E-state index contributed by atoms with van der Waals surface area (Å²) in [6, 6.07) is 18.6. The van der Waals surface area contributed by atoms with E-state index >= 15 is 0 Å². The van der Waals surface area contributed by atoms with E-state index in [0.717, 1.165) is 19.5 Å². The van der Waals surface area contributed by atoms with E-state index in [2.05, 4.69) is 53.5 Å². The monoisotopic (exact) mass is 337 g/mol. The van der Waals surface area contributed by atoms with Crippen molar-refractivity contribution in [2.24, 2.45) is 0 Å². The molecule has 0 aliphatic carbocycles. The van der Waals surface area contributed by atoms with Crippen molar-refractivity contribution in [2.45, 2.75) is 18.9 Å². The molecule has 132 valence electrons. The number of hydrogen-bond donors (Lipinski definition) is 1. The standard InChI is InChI=1S/C21H27N3O/c1-23(2)19-13-15-24(16-19)20-11-7-6-8-17(20)12-14-22-21(25)18-9-4-3-5-10-18/h3-11,19H,12-16H2,1-2H3,(H,22,25). The van der Waals surface area contributed by atoms with Gasteiger partial charge >= 0.3 is 0 Å². The molecule has 1 atom stereocenters. The zero-order chi connectivity index (χ0) is 17.6.